The summed E-state index contributed by atoms with van der Waals surface area (Å²) in [6, 6.07) is 0. The molecule has 0 bridgehead atoms. The van der Waals surface area contributed by atoms with E-state index in [1.54, 1.807) is 0 Å². The van der Waals surface area contributed by atoms with E-state index in [1.807, 2.05) is 0 Å². The molecule has 0 unspecified atom stereocenters. The van der Waals surface area contributed by atoms with Crippen LogP contribution in [0.3, 0.4) is 0 Å². The van der Waals surface area contributed by atoms with Crippen molar-refractivity contribution in [3.8, 4) is 0 Å². The summed E-state index contributed by atoms with van der Waals surface area (Å²) < 4.78 is 4.18. The fourth-order valence-electron chi connectivity index (χ4n) is 0.319. The first-order valence-corrected chi connectivity index (χ1v) is 2.54. The maximum atomic E-state index is 10.4. The maximum absolute atomic E-state index is 10.4. The van der Waals surface area contributed by atoms with Crippen LogP contribution >= 0.6 is 0 Å². The second-order valence-electron chi connectivity index (χ2n) is 1.64. The number of carboxylic acid groups (broad SMARTS) is 1. The summed E-state index contributed by atoms with van der Waals surface area (Å²) in [6.45, 7) is 3.08. The largest absolute Gasteiger partial charge is 1.00 e. The van der Waals surface area contributed by atoms with Crippen molar-refractivity contribution < 1.29 is 70.8 Å². The van der Waals surface area contributed by atoms with Gasteiger partial charge in [-0.2, -0.15) is 0 Å². The van der Waals surface area contributed by atoms with Gasteiger partial charge in [0.05, 0.1) is 19.5 Å². The molecule has 0 radical (unpaired) electrons. The molecule has 0 aliphatic heterocycles. The fourth-order valence-corrected chi connectivity index (χ4v) is 0.319. The van der Waals surface area contributed by atoms with Gasteiger partial charge in [0.1, 0.15) is 0 Å². The molecule has 11 heavy (non-hydrogen) atoms. The van der Waals surface area contributed by atoms with Crippen molar-refractivity contribution in [3.05, 3.63) is 12.2 Å². The Bertz CT molecular complexity index is 175. The van der Waals surface area contributed by atoms with Crippen LogP contribution in [0.5, 0.6) is 0 Å². The summed E-state index contributed by atoms with van der Waals surface area (Å²) in [5.41, 5.74) is -0.271. The summed E-state index contributed by atoms with van der Waals surface area (Å²) in [5, 5.41) is 9.93. The van der Waals surface area contributed by atoms with E-state index >= 15 is 0 Å². The summed E-state index contributed by atoms with van der Waals surface area (Å²) >= 11 is 0. The molecule has 0 aliphatic rings. The number of carbonyl (C=O) groups excluding carboxylic acids is 2. The zero-order valence-corrected chi connectivity index (χ0v) is 9.67. The van der Waals surface area contributed by atoms with E-state index in [0.29, 0.717) is 0 Å². The number of methoxy groups -OCH3 is 1. The maximum Gasteiger partial charge on any atom is 1.00 e. The number of ether oxygens (including phenoxy) is 1. The first-order valence-electron chi connectivity index (χ1n) is 2.54. The van der Waals surface area contributed by atoms with Crippen molar-refractivity contribution in [2.45, 2.75) is 6.42 Å². The molecule has 0 spiro atoms. The fraction of sp³-hybridized carbons (Fsp3) is 0.333. The Hall–Kier alpha value is 0.316. The molecule has 0 atom stereocenters. The second kappa shape index (κ2) is 6.99. The van der Waals surface area contributed by atoms with E-state index in [4.69, 9.17) is 0 Å². The molecule has 56 valence electrons. The van der Waals surface area contributed by atoms with Crippen LogP contribution in [-0.2, 0) is 14.3 Å². The number of carbonyl (C=O) groups is 2. The minimum atomic E-state index is -1.43. The third-order valence-electron chi connectivity index (χ3n) is 0.874. The number of hydrogen-bond acceptors (Lipinski definition) is 4. The molecule has 0 heterocycles. The molecule has 0 fully saturated rings. The normalized spacial score (nSPS) is 7.73. The second-order valence-corrected chi connectivity index (χ2v) is 1.64. The van der Waals surface area contributed by atoms with Crippen LogP contribution in [0, 0.1) is 0 Å². The summed E-state index contributed by atoms with van der Waals surface area (Å²) in [7, 11) is 1.17. The standard InChI is InChI=1S/C6H8O4.K/c1-4(6(8)9)3-5(7)10-2;/h1,3H2,2H3,(H,8,9);/q;+1/p-1. The zero-order valence-electron chi connectivity index (χ0n) is 6.55. The molecule has 0 rings (SSSR count). The average Bonchev–Trinajstić information content (AvgIpc) is 1.87. The van der Waals surface area contributed by atoms with Gasteiger partial charge in [-0.1, -0.05) is 6.58 Å². The molecule has 0 amide bonds. The summed E-state index contributed by atoms with van der Waals surface area (Å²) in [6.07, 6.45) is -0.321. The van der Waals surface area contributed by atoms with Gasteiger partial charge < -0.3 is 14.6 Å². The van der Waals surface area contributed by atoms with Crippen LogP contribution in [0.2, 0.25) is 0 Å². The van der Waals surface area contributed by atoms with E-state index in [-0.39, 0.29) is 63.4 Å². The Balaban J connectivity index is 0. The number of rotatable bonds is 3. The molecule has 0 aromatic rings. The number of hydrogen-bond donors (Lipinski definition) is 0. The Kier molecular flexibility index (Phi) is 8.82. The van der Waals surface area contributed by atoms with Crippen LogP contribution < -0.4 is 56.5 Å². The Morgan fingerprint density at radius 3 is 2.27 bits per heavy atom. The van der Waals surface area contributed by atoms with Gasteiger partial charge in [-0.05, 0) is 5.57 Å². The van der Waals surface area contributed by atoms with Crippen LogP contribution in [0.15, 0.2) is 12.2 Å². The van der Waals surface area contributed by atoms with E-state index in [9.17, 15) is 14.7 Å². The minimum absolute atomic E-state index is 0. The molecular formula is C6H7KO4. The summed E-state index contributed by atoms with van der Waals surface area (Å²) in [5.74, 6) is -2.06. The number of aliphatic carboxylic acids is 1. The van der Waals surface area contributed by atoms with Crippen LogP contribution in [0.25, 0.3) is 0 Å². The van der Waals surface area contributed by atoms with Gasteiger partial charge in [0.2, 0.25) is 0 Å². The molecule has 0 aromatic carbocycles. The van der Waals surface area contributed by atoms with Gasteiger partial charge in [0.25, 0.3) is 0 Å². The van der Waals surface area contributed by atoms with Gasteiger partial charge in [-0.25, -0.2) is 0 Å². The van der Waals surface area contributed by atoms with E-state index in [2.05, 4.69) is 11.3 Å². The van der Waals surface area contributed by atoms with Crippen molar-refractivity contribution in [2.75, 3.05) is 7.11 Å². The van der Waals surface area contributed by atoms with Crippen molar-refractivity contribution in [3.63, 3.8) is 0 Å². The van der Waals surface area contributed by atoms with Gasteiger partial charge >= 0.3 is 57.4 Å². The molecular weight excluding hydrogens is 175 g/mol. The number of carboxylic acids is 1. The Morgan fingerprint density at radius 2 is 2.00 bits per heavy atom. The first kappa shape index (κ1) is 13.9. The van der Waals surface area contributed by atoms with E-state index in [1.165, 1.54) is 7.11 Å². The minimum Gasteiger partial charge on any atom is -0.545 e. The monoisotopic (exact) mass is 182 g/mol. The molecule has 0 saturated carbocycles. The topological polar surface area (TPSA) is 66.4 Å². The average molecular weight is 182 g/mol. The van der Waals surface area contributed by atoms with Gasteiger partial charge in [0.15, 0.2) is 0 Å². The quantitative estimate of drug-likeness (QED) is 0.252. The Labute approximate surface area is 107 Å². The number of esters is 1. The van der Waals surface area contributed by atoms with E-state index < -0.39 is 11.9 Å². The first-order chi connectivity index (χ1) is 4.57. The molecule has 5 heteroatoms. The predicted molar refractivity (Wildman–Crippen MR) is 30.8 cm³/mol. The van der Waals surface area contributed by atoms with Crippen LogP contribution in [-0.4, -0.2) is 19.0 Å². The van der Waals surface area contributed by atoms with Crippen molar-refractivity contribution >= 4 is 11.9 Å². The van der Waals surface area contributed by atoms with Gasteiger partial charge in [-0.15, -0.1) is 0 Å². The molecule has 0 aromatic heterocycles. The smallest absolute Gasteiger partial charge is 0.545 e. The predicted octanol–water partition coefficient (Wildman–Crippen LogP) is -4.14. The Morgan fingerprint density at radius 1 is 1.55 bits per heavy atom. The van der Waals surface area contributed by atoms with Crippen LogP contribution in [0.1, 0.15) is 6.42 Å². The molecule has 4 nitrogen and oxygen atoms in total. The van der Waals surface area contributed by atoms with Crippen molar-refractivity contribution in [2.24, 2.45) is 0 Å². The van der Waals surface area contributed by atoms with Crippen LogP contribution in [0.4, 0.5) is 0 Å². The van der Waals surface area contributed by atoms with Crippen molar-refractivity contribution in [1.29, 1.82) is 0 Å². The van der Waals surface area contributed by atoms with Gasteiger partial charge in [0, 0.05) is 0 Å². The van der Waals surface area contributed by atoms with E-state index in [0.717, 1.165) is 0 Å². The molecule has 0 N–H and O–H groups in total. The zero-order chi connectivity index (χ0) is 8.15. The third kappa shape index (κ3) is 6.70. The molecule has 0 aliphatic carbocycles. The third-order valence-corrected chi connectivity index (χ3v) is 0.874. The summed E-state index contributed by atoms with van der Waals surface area (Å²) in [4.78, 5) is 20.3. The molecule has 0 saturated heterocycles. The van der Waals surface area contributed by atoms with Gasteiger partial charge in [-0.3, -0.25) is 4.79 Å². The SMILES string of the molecule is C=C(CC(=O)OC)C(=O)[O-].[K+]. The van der Waals surface area contributed by atoms with Crippen molar-refractivity contribution in [1.82, 2.24) is 0 Å².